The predicted molar refractivity (Wildman–Crippen MR) is 91.7 cm³/mol. The molecule has 0 radical (unpaired) electrons. The molecule has 3 aromatic carbocycles. The number of sulfone groups is 1. The van der Waals surface area contributed by atoms with Crippen LogP contribution in [0.5, 0.6) is 0 Å². The van der Waals surface area contributed by atoms with Crippen molar-refractivity contribution in [1.29, 1.82) is 0 Å². The highest BCUT2D eigenvalue weighted by molar-refractivity contribution is 7.91. The van der Waals surface area contributed by atoms with Gasteiger partial charge in [0.1, 0.15) is 0 Å². The van der Waals surface area contributed by atoms with E-state index in [1.165, 1.54) is 0 Å². The molecule has 0 atom stereocenters. The Labute approximate surface area is 140 Å². The van der Waals surface area contributed by atoms with Gasteiger partial charge in [-0.2, -0.15) is 0 Å². The minimum atomic E-state index is -3.34. The maximum atomic E-state index is 12.0. The molecule has 0 saturated heterocycles. The third-order valence-corrected chi connectivity index (χ3v) is 4.91. The maximum Gasteiger partial charge on any atom is 0.335 e. The van der Waals surface area contributed by atoms with Crippen molar-refractivity contribution in [3.63, 3.8) is 0 Å². The Morgan fingerprint density at radius 1 is 0.625 bits per heavy atom. The summed E-state index contributed by atoms with van der Waals surface area (Å²) in [7, 11) is -3.34. The third-order valence-electron chi connectivity index (χ3n) is 3.13. The van der Waals surface area contributed by atoms with Gasteiger partial charge < -0.3 is 5.11 Å². The zero-order valence-electron chi connectivity index (χ0n) is 12.7. The lowest BCUT2D eigenvalue weighted by Gasteiger charge is -2.03. The number of carboxylic acid groups (broad SMARTS) is 1. The van der Waals surface area contributed by atoms with Crippen molar-refractivity contribution < 1.29 is 18.3 Å². The lowest BCUT2D eigenvalue weighted by atomic mass is 10.2. The molecule has 0 unspecified atom stereocenters. The molecule has 0 saturated carbocycles. The number of hydrogen-bond acceptors (Lipinski definition) is 3. The van der Waals surface area contributed by atoms with E-state index in [0.29, 0.717) is 15.4 Å². The van der Waals surface area contributed by atoms with Crippen LogP contribution in [0.2, 0.25) is 0 Å². The Kier molecular flexibility index (Phi) is 5.87. The maximum absolute atomic E-state index is 12.0. The van der Waals surface area contributed by atoms with Crippen LogP contribution in [0.1, 0.15) is 10.4 Å². The first-order valence-corrected chi connectivity index (χ1v) is 8.63. The third kappa shape index (κ3) is 4.54. The standard InChI is InChI=1S/C12H10O2S.C7H6O2/c13-15(14,11-7-3-1-4-8-11)12-9-5-2-6-10-12;8-7(9)6-4-2-1-3-5-6/h1-10H;1-5H,(H,8,9). The van der Waals surface area contributed by atoms with Crippen molar-refractivity contribution in [1.82, 2.24) is 0 Å². The molecule has 3 aromatic rings. The Bertz CT molecular complexity index is 829. The van der Waals surface area contributed by atoms with Crippen molar-refractivity contribution in [3.05, 3.63) is 96.6 Å². The molecule has 1 N–H and O–H groups in total. The summed E-state index contributed by atoms with van der Waals surface area (Å²) in [4.78, 5) is 10.9. The van der Waals surface area contributed by atoms with Gasteiger partial charge in [0, 0.05) is 0 Å². The van der Waals surface area contributed by atoms with E-state index in [1.54, 1.807) is 91.0 Å². The van der Waals surface area contributed by atoms with Gasteiger partial charge in [-0.3, -0.25) is 0 Å². The van der Waals surface area contributed by atoms with Gasteiger partial charge in [0.2, 0.25) is 9.84 Å². The van der Waals surface area contributed by atoms with Crippen LogP contribution in [0.15, 0.2) is 101 Å². The summed E-state index contributed by atoms with van der Waals surface area (Å²) in [5.74, 6) is -0.879. The number of benzene rings is 3. The van der Waals surface area contributed by atoms with E-state index >= 15 is 0 Å². The van der Waals surface area contributed by atoms with Crippen LogP contribution < -0.4 is 0 Å². The van der Waals surface area contributed by atoms with E-state index in [2.05, 4.69) is 0 Å². The summed E-state index contributed by atoms with van der Waals surface area (Å²) in [5, 5.41) is 8.38. The predicted octanol–water partition coefficient (Wildman–Crippen LogP) is 3.90. The minimum absolute atomic E-state index is 0.330. The highest BCUT2D eigenvalue weighted by Crippen LogP contribution is 2.19. The minimum Gasteiger partial charge on any atom is -0.478 e. The number of hydrogen-bond donors (Lipinski definition) is 1. The van der Waals surface area contributed by atoms with Crippen molar-refractivity contribution in [2.75, 3.05) is 0 Å². The average molecular weight is 340 g/mol. The highest BCUT2D eigenvalue weighted by atomic mass is 32.2. The topological polar surface area (TPSA) is 71.4 Å². The van der Waals surface area contributed by atoms with Crippen LogP contribution in [0.25, 0.3) is 0 Å². The molecule has 0 heterocycles. The van der Waals surface area contributed by atoms with Gasteiger partial charge in [-0.05, 0) is 36.4 Å². The van der Waals surface area contributed by atoms with Crippen LogP contribution in [0.4, 0.5) is 0 Å². The summed E-state index contributed by atoms with van der Waals surface area (Å²) in [6, 6.07) is 25.2. The second kappa shape index (κ2) is 8.08. The SMILES string of the molecule is O=C(O)c1ccccc1.O=S(=O)(c1ccccc1)c1ccccc1. The van der Waals surface area contributed by atoms with E-state index < -0.39 is 15.8 Å². The van der Waals surface area contributed by atoms with Crippen molar-refractivity contribution >= 4 is 15.8 Å². The number of carbonyl (C=O) groups is 1. The van der Waals surface area contributed by atoms with Gasteiger partial charge in [0.05, 0.1) is 15.4 Å². The van der Waals surface area contributed by atoms with E-state index in [0.717, 1.165) is 0 Å². The van der Waals surface area contributed by atoms with Gasteiger partial charge in [-0.15, -0.1) is 0 Å². The fourth-order valence-corrected chi connectivity index (χ4v) is 3.22. The molecule has 24 heavy (non-hydrogen) atoms. The first-order valence-electron chi connectivity index (χ1n) is 7.15. The van der Waals surface area contributed by atoms with E-state index in [-0.39, 0.29) is 0 Å². The molecule has 0 amide bonds. The molecule has 5 heteroatoms. The molecule has 0 aliphatic rings. The largest absolute Gasteiger partial charge is 0.478 e. The monoisotopic (exact) mass is 340 g/mol. The van der Waals surface area contributed by atoms with Crippen molar-refractivity contribution in [3.8, 4) is 0 Å². The summed E-state index contributed by atoms with van der Waals surface area (Å²) < 4.78 is 24.1. The first-order chi connectivity index (χ1) is 11.5. The molecule has 0 bridgehead atoms. The van der Waals surface area contributed by atoms with E-state index in [9.17, 15) is 13.2 Å². The number of aromatic carboxylic acids is 1. The molecule has 0 aliphatic carbocycles. The molecule has 122 valence electrons. The highest BCUT2D eigenvalue weighted by Gasteiger charge is 2.15. The summed E-state index contributed by atoms with van der Waals surface area (Å²) in [5.41, 5.74) is 0.331. The Morgan fingerprint density at radius 2 is 0.958 bits per heavy atom. The van der Waals surface area contributed by atoms with E-state index in [1.807, 2.05) is 0 Å². The fourth-order valence-electron chi connectivity index (χ4n) is 1.92. The molecule has 0 fully saturated rings. The van der Waals surface area contributed by atoms with Crippen LogP contribution in [0.3, 0.4) is 0 Å². The first kappa shape index (κ1) is 17.4. The van der Waals surface area contributed by atoms with Gasteiger partial charge in [0.15, 0.2) is 0 Å². The molecule has 3 rings (SSSR count). The molecule has 0 spiro atoms. The summed E-state index contributed by atoms with van der Waals surface area (Å²) >= 11 is 0. The van der Waals surface area contributed by atoms with Gasteiger partial charge >= 0.3 is 5.97 Å². The summed E-state index contributed by atoms with van der Waals surface area (Å²) in [6.45, 7) is 0. The lowest BCUT2D eigenvalue weighted by Crippen LogP contribution is -2.00. The van der Waals surface area contributed by atoms with Crippen LogP contribution in [0, 0.1) is 0 Å². The van der Waals surface area contributed by atoms with Crippen LogP contribution in [-0.2, 0) is 9.84 Å². The van der Waals surface area contributed by atoms with Crippen molar-refractivity contribution in [2.24, 2.45) is 0 Å². The molecule has 0 aromatic heterocycles. The van der Waals surface area contributed by atoms with E-state index in [4.69, 9.17) is 5.11 Å². The quantitative estimate of drug-likeness (QED) is 0.785. The Morgan fingerprint density at radius 3 is 1.25 bits per heavy atom. The smallest absolute Gasteiger partial charge is 0.335 e. The normalized spacial score (nSPS) is 10.3. The van der Waals surface area contributed by atoms with Crippen LogP contribution in [-0.4, -0.2) is 19.5 Å². The zero-order valence-corrected chi connectivity index (χ0v) is 13.6. The molecule has 0 aliphatic heterocycles. The Balaban J connectivity index is 0.000000198. The lowest BCUT2D eigenvalue weighted by molar-refractivity contribution is 0.0697. The van der Waals surface area contributed by atoms with Gasteiger partial charge in [-0.25, -0.2) is 13.2 Å². The molecular formula is C19H16O4S. The Hall–Kier alpha value is -2.92. The molecular weight excluding hydrogens is 324 g/mol. The van der Waals surface area contributed by atoms with Crippen molar-refractivity contribution in [2.45, 2.75) is 9.79 Å². The van der Waals surface area contributed by atoms with Gasteiger partial charge in [0.25, 0.3) is 0 Å². The second-order valence-corrected chi connectivity index (χ2v) is 6.75. The average Bonchev–Trinajstić information content (AvgIpc) is 2.64. The van der Waals surface area contributed by atoms with Crippen LogP contribution >= 0.6 is 0 Å². The number of rotatable bonds is 3. The zero-order chi connectivity index (χ0) is 17.4. The van der Waals surface area contributed by atoms with Gasteiger partial charge in [-0.1, -0.05) is 54.6 Å². The summed E-state index contributed by atoms with van der Waals surface area (Å²) in [6.07, 6.45) is 0. The fraction of sp³-hybridized carbons (Fsp3) is 0. The second-order valence-electron chi connectivity index (χ2n) is 4.80. The number of carboxylic acids is 1. The molecule has 4 nitrogen and oxygen atoms in total.